The van der Waals surface area contributed by atoms with E-state index in [2.05, 4.69) is 135 Å². The summed E-state index contributed by atoms with van der Waals surface area (Å²) in [6, 6.07) is 0. The Morgan fingerprint density at radius 2 is 0.871 bits per heavy atom. The van der Waals surface area contributed by atoms with E-state index in [1.54, 1.807) is 0 Å². The Kier molecular flexibility index (Phi) is 40.2. The highest BCUT2D eigenvalue weighted by molar-refractivity contribution is 7.47. The van der Waals surface area contributed by atoms with Gasteiger partial charge in [-0.2, -0.15) is 0 Å². The molecule has 0 rings (SSSR count). The molecule has 0 aliphatic carbocycles. The van der Waals surface area contributed by atoms with Gasteiger partial charge >= 0.3 is 19.8 Å². The Hall–Kier alpha value is -3.59. The van der Waals surface area contributed by atoms with Crippen LogP contribution in [0.3, 0.4) is 0 Å². The first-order valence-corrected chi connectivity index (χ1v) is 24.8. The molecule has 350 valence electrons. The van der Waals surface area contributed by atoms with E-state index in [1.165, 1.54) is 0 Å². The molecule has 0 spiro atoms. The Morgan fingerprint density at radius 1 is 0.500 bits per heavy atom. The van der Waals surface area contributed by atoms with Crippen LogP contribution < -0.4 is 0 Å². The van der Waals surface area contributed by atoms with Crippen molar-refractivity contribution in [2.45, 2.75) is 148 Å². The summed E-state index contributed by atoms with van der Waals surface area (Å²) in [6.45, 7) is 4.08. The number of phosphoric ester groups is 1. The lowest BCUT2D eigenvalue weighted by atomic mass is 10.1. The number of unbranched alkanes of at least 4 members (excludes halogenated alkanes) is 6. The first-order chi connectivity index (χ1) is 30.0. The second-order valence-electron chi connectivity index (χ2n) is 16.0. The van der Waals surface area contributed by atoms with E-state index in [-0.39, 0.29) is 26.1 Å². The summed E-state index contributed by atoms with van der Waals surface area (Å²) in [6.07, 6.45) is 59.6. The molecule has 0 saturated heterocycles. The van der Waals surface area contributed by atoms with Crippen LogP contribution in [0, 0.1) is 0 Å². The van der Waals surface area contributed by atoms with Crippen LogP contribution in [0.25, 0.3) is 0 Å². The molecule has 2 atom stereocenters. The number of carbonyl (C=O) groups is 2. The lowest BCUT2D eigenvalue weighted by Gasteiger charge is -2.24. The van der Waals surface area contributed by atoms with Crippen LogP contribution in [-0.2, 0) is 32.7 Å². The largest absolute Gasteiger partial charge is 0.472 e. The molecule has 0 fully saturated rings. The third-order valence-electron chi connectivity index (χ3n) is 8.99. The van der Waals surface area contributed by atoms with E-state index in [9.17, 15) is 19.0 Å². The van der Waals surface area contributed by atoms with Gasteiger partial charge in [-0.05, 0) is 103 Å². The first-order valence-electron chi connectivity index (χ1n) is 23.3. The Morgan fingerprint density at radius 3 is 1.26 bits per heavy atom. The van der Waals surface area contributed by atoms with Crippen LogP contribution in [0.2, 0.25) is 0 Å². The second kappa shape index (κ2) is 42.7. The van der Waals surface area contributed by atoms with E-state index in [4.69, 9.17) is 18.5 Å². The Labute approximate surface area is 378 Å². The maximum Gasteiger partial charge on any atom is 0.472 e. The second-order valence-corrected chi connectivity index (χ2v) is 17.5. The standard InChI is InChI=1S/C52H84NO8P/c1-6-8-10-12-14-16-18-20-22-24-26-28-30-32-34-36-38-40-42-44-51(54)58-48-50(49-60-62(56,57)59-47-46-53(3,4)5)61-52(55)45-43-41-39-37-35-33-31-29-27-25-23-21-19-17-15-13-11-9-7-2/h8-11,14-17,20-23,26-29,32-35,50H,6-7,12-13,18-19,24-25,30-31,36-49H2,1-5H3/p+1/b10-8-,11-9-,16-14-,17-15-,22-20-,23-21-,28-26-,29-27-,34-32-,35-33-/t50-/m1/s1. The molecule has 0 saturated carbocycles. The summed E-state index contributed by atoms with van der Waals surface area (Å²) in [7, 11) is 1.41. The highest BCUT2D eigenvalue weighted by Gasteiger charge is 2.27. The molecule has 0 heterocycles. The summed E-state index contributed by atoms with van der Waals surface area (Å²) in [4.78, 5) is 35.5. The number of hydrogen-bond acceptors (Lipinski definition) is 7. The first kappa shape index (κ1) is 58.4. The molecule has 0 aromatic heterocycles. The normalized spacial score (nSPS) is 14.6. The quantitative estimate of drug-likeness (QED) is 0.0213. The van der Waals surface area contributed by atoms with Gasteiger partial charge in [-0.25, -0.2) is 4.57 Å². The fourth-order valence-electron chi connectivity index (χ4n) is 5.42. The van der Waals surface area contributed by atoms with Crippen molar-refractivity contribution in [1.82, 2.24) is 0 Å². The summed E-state index contributed by atoms with van der Waals surface area (Å²) < 4.78 is 34.3. The van der Waals surface area contributed by atoms with Gasteiger partial charge in [0.1, 0.15) is 19.8 Å². The van der Waals surface area contributed by atoms with Gasteiger partial charge < -0.3 is 18.9 Å². The van der Waals surface area contributed by atoms with Gasteiger partial charge in [-0.1, -0.05) is 148 Å². The molecule has 0 aromatic carbocycles. The number of allylic oxidation sites excluding steroid dienone is 20. The summed E-state index contributed by atoms with van der Waals surface area (Å²) in [5.41, 5.74) is 0. The third kappa shape index (κ3) is 45.9. The lowest BCUT2D eigenvalue weighted by molar-refractivity contribution is -0.870. The number of hydrogen-bond donors (Lipinski definition) is 1. The van der Waals surface area contributed by atoms with Crippen molar-refractivity contribution in [2.24, 2.45) is 0 Å². The van der Waals surface area contributed by atoms with Gasteiger partial charge in [-0.3, -0.25) is 18.6 Å². The minimum atomic E-state index is -4.41. The summed E-state index contributed by atoms with van der Waals surface area (Å²) >= 11 is 0. The summed E-state index contributed by atoms with van der Waals surface area (Å²) in [5, 5.41) is 0. The molecule has 62 heavy (non-hydrogen) atoms. The monoisotopic (exact) mass is 883 g/mol. The van der Waals surface area contributed by atoms with Crippen LogP contribution in [0.15, 0.2) is 122 Å². The van der Waals surface area contributed by atoms with E-state index in [1.807, 2.05) is 21.1 Å². The number of carbonyl (C=O) groups excluding carboxylic acids is 2. The van der Waals surface area contributed by atoms with Crippen molar-refractivity contribution < 1.29 is 42.1 Å². The molecule has 0 radical (unpaired) electrons. The predicted octanol–water partition coefficient (Wildman–Crippen LogP) is 13.7. The van der Waals surface area contributed by atoms with E-state index in [0.29, 0.717) is 23.9 Å². The average Bonchev–Trinajstić information content (AvgIpc) is 3.23. The van der Waals surface area contributed by atoms with Gasteiger partial charge in [0.2, 0.25) is 0 Å². The zero-order valence-electron chi connectivity index (χ0n) is 39.3. The van der Waals surface area contributed by atoms with E-state index in [0.717, 1.165) is 103 Å². The zero-order chi connectivity index (χ0) is 45.7. The van der Waals surface area contributed by atoms with E-state index < -0.39 is 32.5 Å². The smallest absolute Gasteiger partial charge is 0.462 e. The number of rotatable bonds is 40. The van der Waals surface area contributed by atoms with Gasteiger partial charge in [0.15, 0.2) is 6.10 Å². The third-order valence-corrected chi connectivity index (χ3v) is 9.97. The van der Waals surface area contributed by atoms with Crippen molar-refractivity contribution >= 4 is 19.8 Å². The molecule has 0 aliphatic rings. The van der Waals surface area contributed by atoms with Crippen LogP contribution >= 0.6 is 7.82 Å². The SMILES string of the molecule is CC/C=C\C/C=C\C/C=C\C/C=C\C/C=C\CCCCCC(=O)OC[C@H](COP(=O)(O)OCC[N+](C)(C)C)OC(=O)CCCCC/C=C\C/C=C\C/C=C\C/C=C\C/C=C\CC. The lowest BCUT2D eigenvalue weighted by Crippen LogP contribution is -2.37. The Bertz CT molecular complexity index is 1460. The van der Waals surface area contributed by atoms with Crippen LogP contribution in [0.5, 0.6) is 0 Å². The van der Waals surface area contributed by atoms with Crippen LogP contribution in [-0.4, -0.2) is 74.9 Å². The molecule has 0 aromatic rings. The maximum absolute atomic E-state index is 12.7. The molecular weight excluding hydrogens is 798 g/mol. The fraction of sp³-hybridized carbons (Fsp3) is 0.577. The molecule has 1 N–H and O–H groups in total. The number of quaternary nitrogens is 1. The van der Waals surface area contributed by atoms with E-state index >= 15 is 0 Å². The number of likely N-dealkylation sites (N-methyl/N-ethyl adjacent to an activating group) is 1. The molecule has 1 unspecified atom stereocenters. The molecule has 0 aliphatic heterocycles. The van der Waals surface area contributed by atoms with Crippen LogP contribution in [0.4, 0.5) is 0 Å². The molecular formula is C52H85NO8P+. The van der Waals surface area contributed by atoms with Gasteiger partial charge in [0, 0.05) is 12.8 Å². The van der Waals surface area contributed by atoms with Crippen molar-refractivity contribution in [2.75, 3.05) is 47.5 Å². The average molecular weight is 883 g/mol. The number of nitrogens with zero attached hydrogens (tertiary/aromatic N) is 1. The minimum absolute atomic E-state index is 0.0113. The molecule has 0 amide bonds. The summed E-state index contributed by atoms with van der Waals surface area (Å²) in [5.74, 6) is -0.888. The van der Waals surface area contributed by atoms with Crippen molar-refractivity contribution in [3.05, 3.63) is 122 Å². The minimum Gasteiger partial charge on any atom is -0.462 e. The number of phosphoric acid groups is 1. The van der Waals surface area contributed by atoms with Gasteiger partial charge in [0.05, 0.1) is 27.7 Å². The number of ether oxygens (including phenoxy) is 2. The van der Waals surface area contributed by atoms with Crippen LogP contribution in [0.1, 0.15) is 142 Å². The molecule has 9 nitrogen and oxygen atoms in total. The topological polar surface area (TPSA) is 108 Å². The predicted molar refractivity (Wildman–Crippen MR) is 261 cm³/mol. The van der Waals surface area contributed by atoms with Crippen molar-refractivity contribution in [3.63, 3.8) is 0 Å². The maximum atomic E-state index is 12.7. The fourth-order valence-corrected chi connectivity index (χ4v) is 6.16. The molecule has 0 bridgehead atoms. The van der Waals surface area contributed by atoms with Gasteiger partial charge in [-0.15, -0.1) is 0 Å². The van der Waals surface area contributed by atoms with Gasteiger partial charge in [0.25, 0.3) is 0 Å². The highest BCUT2D eigenvalue weighted by Crippen LogP contribution is 2.43. The molecule has 10 heteroatoms. The highest BCUT2D eigenvalue weighted by atomic mass is 31.2. The zero-order valence-corrected chi connectivity index (χ0v) is 40.2. The Balaban J connectivity index is 4.49. The van der Waals surface area contributed by atoms with Crippen molar-refractivity contribution in [1.29, 1.82) is 0 Å². The van der Waals surface area contributed by atoms with Crippen molar-refractivity contribution in [3.8, 4) is 0 Å². The number of esters is 2.